The highest BCUT2D eigenvalue weighted by atomic mass is 35.5. The number of amides is 1. The van der Waals surface area contributed by atoms with Crippen LogP contribution in [0.5, 0.6) is 5.75 Å². The zero-order valence-corrected chi connectivity index (χ0v) is 24.2. The summed E-state index contributed by atoms with van der Waals surface area (Å²) in [6.45, 7) is 5.90. The summed E-state index contributed by atoms with van der Waals surface area (Å²) in [5.74, 6) is -0.682. The summed E-state index contributed by atoms with van der Waals surface area (Å²) < 4.78 is 55.7. The van der Waals surface area contributed by atoms with Crippen molar-refractivity contribution in [1.82, 2.24) is 9.97 Å². The molecule has 9 nitrogen and oxygen atoms in total. The first-order valence-corrected chi connectivity index (χ1v) is 14.8. The molecule has 1 unspecified atom stereocenters. The molecule has 1 amide bonds. The summed E-state index contributed by atoms with van der Waals surface area (Å²) in [5.41, 5.74) is 6.97. The third kappa shape index (κ3) is 9.91. The quantitative estimate of drug-likeness (QED) is 0.155. The standard InChI is InChI=1S/C27H32ClF2N5O4S/c1-27(2,3)39-26(36)35-40(4,37)16-17-11-19(31)14-20(12-17)38-10-6-5-9-32-23-13-18(29)7-8-21(23)24-22(30)15-33-25(28)34-24/h7-8,11-15,32H,5-6,9-10,16,31H2,1-4H3. The van der Waals surface area contributed by atoms with Crippen LogP contribution in [0, 0.1) is 11.6 Å². The minimum atomic E-state index is -2.91. The van der Waals surface area contributed by atoms with Gasteiger partial charge in [0.1, 0.15) is 22.9 Å². The van der Waals surface area contributed by atoms with Crippen molar-refractivity contribution in [2.24, 2.45) is 4.36 Å². The van der Waals surface area contributed by atoms with Gasteiger partial charge in [0.15, 0.2) is 5.82 Å². The van der Waals surface area contributed by atoms with Gasteiger partial charge in [-0.2, -0.15) is 0 Å². The Morgan fingerprint density at radius 3 is 2.65 bits per heavy atom. The van der Waals surface area contributed by atoms with Crippen LogP contribution in [0.1, 0.15) is 39.2 Å². The van der Waals surface area contributed by atoms with Crippen LogP contribution >= 0.6 is 11.6 Å². The van der Waals surface area contributed by atoms with Gasteiger partial charge in [-0.05, 0) is 81.1 Å². The minimum Gasteiger partial charge on any atom is -0.494 e. The molecule has 0 aliphatic carbocycles. The molecule has 0 fully saturated rings. The van der Waals surface area contributed by atoms with Crippen molar-refractivity contribution in [2.45, 2.75) is 45.0 Å². The van der Waals surface area contributed by atoms with Crippen LogP contribution < -0.4 is 15.8 Å². The Morgan fingerprint density at radius 2 is 1.93 bits per heavy atom. The fraction of sp³-hybridized carbons (Fsp3) is 0.370. The predicted octanol–water partition coefficient (Wildman–Crippen LogP) is 6.46. The van der Waals surface area contributed by atoms with Crippen LogP contribution in [0.3, 0.4) is 0 Å². The lowest BCUT2D eigenvalue weighted by molar-refractivity contribution is 0.0607. The molecule has 0 radical (unpaired) electrons. The number of halogens is 3. The lowest BCUT2D eigenvalue weighted by atomic mass is 10.1. The van der Waals surface area contributed by atoms with Crippen LogP contribution in [0.2, 0.25) is 5.28 Å². The summed E-state index contributed by atoms with van der Waals surface area (Å²) in [6.07, 6.45) is 2.74. The maximum atomic E-state index is 14.3. The lowest BCUT2D eigenvalue weighted by Crippen LogP contribution is -2.22. The molecule has 0 aliphatic rings. The van der Waals surface area contributed by atoms with Gasteiger partial charge in [0.05, 0.1) is 28.3 Å². The first-order chi connectivity index (χ1) is 18.7. The number of nitrogens with zero attached hydrogens (tertiary/aromatic N) is 3. The van der Waals surface area contributed by atoms with E-state index >= 15 is 0 Å². The molecule has 216 valence electrons. The molecule has 13 heteroatoms. The van der Waals surface area contributed by atoms with Crippen LogP contribution in [0.25, 0.3) is 11.3 Å². The summed E-state index contributed by atoms with van der Waals surface area (Å²) in [4.78, 5) is 19.5. The Bertz CT molecular complexity index is 1490. The second kappa shape index (κ2) is 13.2. The van der Waals surface area contributed by atoms with Gasteiger partial charge < -0.3 is 20.5 Å². The number of aromatic nitrogens is 2. The molecule has 3 aromatic rings. The van der Waals surface area contributed by atoms with E-state index in [1.54, 1.807) is 39.0 Å². The molecular formula is C27H32ClF2N5O4S. The molecule has 1 atom stereocenters. The number of hydrogen-bond donors (Lipinski definition) is 2. The second-order valence-electron chi connectivity index (χ2n) is 10.1. The Morgan fingerprint density at radius 1 is 1.18 bits per heavy atom. The minimum absolute atomic E-state index is 0.00826. The number of nitrogens with two attached hydrogens (primary N) is 1. The van der Waals surface area contributed by atoms with Crippen LogP contribution in [0.15, 0.2) is 47.0 Å². The number of hydrogen-bond acceptors (Lipinski definition) is 8. The molecule has 1 aromatic heterocycles. The summed E-state index contributed by atoms with van der Waals surface area (Å²) in [7, 11) is -2.91. The average molecular weight is 596 g/mol. The highest BCUT2D eigenvalue weighted by Crippen LogP contribution is 2.30. The van der Waals surface area contributed by atoms with Gasteiger partial charge in [-0.1, -0.05) is 0 Å². The highest BCUT2D eigenvalue weighted by Gasteiger charge is 2.18. The Hall–Kier alpha value is -3.51. The number of nitrogen functional groups attached to an aromatic ring is 1. The number of anilines is 2. The maximum absolute atomic E-state index is 14.3. The molecular weight excluding hydrogens is 564 g/mol. The fourth-order valence-electron chi connectivity index (χ4n) is 3.68. The zero-order chi connectivity index (χ0) is 29.5. The molecule has 3 N–H and O–H groups in total. The number of carbonyl (C=O) groups is 1. The van der Waals surface area contributed by atoms with E-state index in [9.17, 15) is 17.8 Å². The third-order valence-electron chi connectivity index (χ3n) is 5.19. The van der Waals surface area contributed by atoms with Crippen molar-refractivity contribution in [3.63, 3.8) is 0 Å². The maximum Gasteiger partial charge on any atom is 0.442 e. The molecule has 1 heterocycles. The van der Waals surface area contributed by atoms with E-state index in [1.807, 2.05) is 0 Å². The van der Waals surface area contributed by atoms with Crippen LogP contribution in [-0.4, -0.2) is 45.3 Å². The first-order valence-electron chi connectivity index (χ1n) is 12.4. The van der Waals surface area contributed by atoms with Gasteiger partial charge in [-0.3, -0.25) is 0 Å². The van der Waals surface area contributed by atoms with E-state index in [0.717, 1.165) is 6.20 Å². The van der Waals surface area contributed by atoms with Gasteiger partial charge in [-0.25, -0.2) is 27.8 Å². The van der Waals surface area contributed by atoms with Crippen LogP contribution in [-0.2, 0) is 20.2 Å². The van der Waals surface area contributed by atoms with Crippen molar-refractivity contribution >= 4 is 38.8 Å². The number of rotatable bonds is 10. The van der Waals surface area contributed by atoms with Crippen molar-refractivity contribution in [3.8, 4) is 17.0 Å². The summed E-state index contributed by atoms with van der Waals surface area (Å²) in [5, 5.41) is 2.99. The van der Waals surface area contributed by atoms with E-state index in [0.29, 0.717) is 54.2 Å². The lowest BCUT2D eigenvalue weighted by Gasteiger charge is -2.17. The topological polar surface area (TPSA) is 129 Å². The fourth-order valence-corrected chi connectivity index (χ4v) is 5.01. The molecule has 2 aromatic carbocycles. The van der Waals surface area contributed by atoms with Crippen molar-refractivity contribution in [2.75, 3.05) is 30.5 Å². The normalized spacial score (nSPS) is 12.9. The molecule has 0 aliphatic heterocycles. The second-order valence-corrected chi connectivity index (χ2v) is 12.8. The van der Waals surface area contributed by atoms with Gasteiger partial charge in [-0.15, -0.1) is 4.36 Å². The molecule has 40 heavy (non-hydrogen) atoms. The summed E-state index contributed by atoms with van der Waals surface area (Å²) in [6, 6.07) is 8.89. The van der Waals surface area contributed by atoms with E-state index in [2.05, 4.69) is 19.6 Å². The number of nitrogens with one attached hydrogen (secondary N) is 1. The molecule has 0 saturated carbocycles. The third-order valence-corrected chi connectivity index (χ3v) is 6.78. The summed E-state index contributed by atoms with van der Waals surface area (Å²) >= 11 is 5.81. The van der Waals surface area contributed by atoms with Gasteiger partial charge in [0.25, 0.3) is 0 Å². The van der Waals surface area contributed by atoms with Gasteiger partial charge in [0.2, 0.25) is 5.28 Å². The van der Waals surface area contributed by atoms with Crippen molar-refractivity contribution in [1.29, 1.82) is 0 Å². The number of benzene rings is 2. The molecule has 3 rings (SSSR count). The van der Waals surface area contributed by atoms with Gasteiger partial charge in [0, 0.05) is 35.8 Å². The zero-order valence-electron chi connectivity index (χ0n) is 22.7. The smallest absolute Gasteiger partial charge is 0.442 e. The molecule has 0 spiro atoms. The SMILES string of the molecule is CC(C)(C)OC(=O)N=S(C)(=O)Cc1cc(N)cc(OCCCCNc2cc(F)ccc2-c2nc(Cl)ncc2F)c1. The first kappa shape index (κ1) is 31.0. The number of unbranched alkanes of at least 4 members (excludes halogenated alkanes) is 1. The van der Waals surface area contributed by atoms with E-state index in [1.165, 1.54) is 24.5 Å². The highest BCUT2D eigenvalue weighted by molar-refractivity contribution is 7.92. The molecule has 0 saturated heterocycles. The van der Waals surface area contributed by atoms with E-state index in [4.69, 9.17) is 26.8 Å². The van der Waals surface area contributed by atoms with Crippen LogP contribution in [0.4, 0.5) is 25.0 Å². The molecule has 0 bridgehead atoms. The number of carbonyl (C=O) groups excluding carboxylic acids is 1. The predicted molar refractivity (Wildman–Crippen MR) is 153 cm³/mol. The van der Waals surface area contributed by atoms with Gasteiger partial charge >= 0.3 is 6.09 Å². The Labute approximate surface area is 237 Å². The van der Waals surface area contributed by atoms with E-state index in [-0.39, 0.29) is 16.7 Å². The average Bonchev–Trinajstić information content (AvgIpc) is 2.80. The Kier molecular flexibility index (Phi) is 10.3. The Balaban J connectivity index is 1.55. The van der Waals surface area contributed by atoms with Crippen molar-refractivity contribution in [3.05, 3.63) is 65.1 Å². The monoisotopic (exact) mass is 595 g/mol. The largest absolute Gasteiger partial charge is 0.494 e. The van der Waals surface area contributed by atoms with Crippen molar-refractivity contribution < 1.29 is 27.3 Å². The van der Waals surface area contributed by atoms with E-state index < -0.39 is 33.1 Å². The number of ether oxygens (including phenoxy) is 2.